The van der Waals surface area contributed by atoms with Crippen molar-refractivity contribution in [2.75, 3.05) is 26.8 Å². The number of aliphatic hydroxyl groups is 1. The second kappa shape index (κ2) is 8.18. The van der Waals surface area contributed by atoms with Crippen LogP contribution in [-0.2, 0) is 0 Å². The highest BCUT2D eigenvalue weighted by atomic mass is 16.5. The van der Waals surface area contributed by atoms with Crippen molar-refractivity contribution in [2.24, 2.45) is 0 Å². The van der Waals surface area contributed by atoms with Gasteiger partial charge >= 0.3 is 0 Å². The van der Waals surface area contributed by atoms with Crippen molar-refractivity contribution in [2.45, 2.75) is 25.0 Å². The van der Waals surface area contributed by atoms with Gasteiger partial charge < -0.3 is 14.6 Å². The van der Waals surface area contributed by atoms with Gasteiger partial charge in [0.2, 0.25) is 0 Å². The molecule has 2 aromatic carbocycles. The van der Waals surface area contributed by atoms with E-state index in [0.29, 0.717) is 19.2 Å². The highest BCUT2D eigenvalue weighted by molar-refractivity contribution is 5.29. The van der Waals surface area contributed by atoms with Crippen molar-refractivity contribution in [3.8, 4) is 11.5 Å². The van der Waals surface area contributed by atoms with Crippen LogP contribution in [0.3, 0.4) is 0 Å². The molecule has 4 heteroatoms. The fourth-order valence-corrected chi connectivity index (χ4v) is 3.28. The van der Waals surface area contributed by atoms with Gasteiger partial charge in [0.1, 0.15) is 24.2 Å². The predicted molar refractivity (Wildman–Crippen MR) is 94.5 cm³/mol. The van der Waals surface area contributed by atoms with E-state index in [4.69, 9.17) is 9.47 Å². The minimum atomic E-state index is -0.496. The molecule has 24 heavy (non-hydrogen) atoms. The minimum Gasteiger partial charge on any atom is -0.497 e. The Morgan fingerprint density at radius 3 is 2.54 bits per heavy atom. The summed E-state index contributed by atoms with van der Waals surface area (Å²) in [5, 5.41) is 10.3. The minimum absolute atomic E-state index is 0.315. The van der Waals surface area contributed by atoms with Crippen LogP contribution < -0.4 is 9.47 Å². The lowest BCUT2D eigenvalue weighted by Crippen LogP contribution is -2.35. The quantitative estimate of drug-likeness (QED) is 0.847. The number of β-amino-alcohol motifs (C(OH)–C–C–N with tert-alkyl or cyclic N) is 1. The Bertz CT molecular complexity index is 615. The fraction of sp³-hybridized carbons (Fsp3) is 0.400. The standard InChI is InChI=1S/C20H25NO3/c1-23-18-11-9-16(10-12-18)20-8-5-13-21(20)14-17(22)15-24-19-6-3-2-4-7-19/h2-4,6-7,9-12,17,20,22H,5,8,13-15H2,1H3. The number of benzene rings is 2. The Morgan fingerprint density at radius 2 is 1.83 bits per heavy atom. The molecule has 4 nitrogen and oxygen atoms in total. The van der Waals surface area contributed by atoms with E-state index in [9.17, 15) is 5.11 Å². The van der Waals surface area contributed by atoms with Crippen LogP contribution in [0, 0.1) is 0 Å². The lowest BCUT2D eigenvalue weighted by atomic mass is 10.0. The molecule has 0 bridgehead atoms. The Hall–Kier alpha value is -2.04. The molecule has 0 radical (unpaired) electrons. The van der Waals surface area contributed by atoms with E-state index in [-0.39, 0.29) is 0 Å². The molecule has 128 valence electrons. The van der Waals surface area contributed by atoms with Gasteiger partial charge in [-0.1, -0.05) is 30.3 Å². The second-order valence-corrected chi connectivity index (χ2v) is 6.20. The van der Waals surface area contributed by atoms with E-state index in [1.807, 2.05) is 42.5 Å². The van der Waals surface area contributed by atoms with Crippen LogP contribution in [-0.4, -0.2) is 42.9 Å². The fourth-order valence-electron chi connectivity index (χ4n) is 3.28. The number of methoxy groups -OCH3 is 1. The molecule has 0 saturated carbocycles. The van der Waals surface area contributed by atoms with Gasteiger partial charge in [0.15, 0.2) is 0 Å². The lowest BCUT2D eigenvalue weighted by molar-refractivity contribution is 0.0638. The highest BCUT2D eigenvalue weighted by Crippen LogP contribution is 2.32. The van der Waals surface area contributed by atoms with Crippen LogP contribution >= 0.6 is 0 Å². The summed E-state index contributed by atoms with van der Waals surface area (Å²) < 4.78 is 10.9. The Labute approximate surface area is 143 Å². The normalized spacial score (nSPS) is 19.2. The molecular weight excluding hydrogens is 302 g/mol. The molecular formula is C20H25NO3. The van der Waals surface area contributed by atoms with E-state index in [2.05, 4.69) is 17.0 Å². The molecule has 2 atom stereocenters. The Morgan fingerprint density at radius 1 is 1.08 bits per heavy atom. The molecule has 1 aliphatic heterocycles. The largest absolute Gasteiger partial charge is 0.497 e. The van der Waals surface area contributed by atoms with Crippen LogP contribution in [0.15, 0.2) is 54.6 Å². The first-order valence-electron chi connectivity index (χ1n) is 8.50. The number of ether oxygens (including phenoxy) is 2. The summed E-state index contributed by atoms with van der Waals surface area (Å²) in [5.41, 5.74) is 1.28. The average Bonchev–Trinajstić information content (AvgIpc) is 3.09. The van der Waals surface area contributed by atoms with Crippen LogP contribution in [0.4, 0.5) is 0 Å². The number of likely N-dealkylation sites (tertiary alicyclic amines) is 1. The van der Waals surface area contributed by atoms with Gasteiger partial charge in [0.05, 0.1) is 7.11 Å². The van der Waals surface area contributed by atoms with Crippen molar-refractivity contribution >= 4 is 0 Å². The zero-order valence-corrected chi connectivity index (χ0v) is 14.1. The molecule has 0 spiro atoms. The van der Waals surface area contributed by atoms with E-state index in [0.717, 1.165) is 30.9 Å². The summed E-state index contributed by atoms with van der Waals surface area (Å²) in [4.78, 5) is 2.35. The van der Waals surface area contributed by atoms with Crippen molar-refractivity contribution in [1.29, 1.82) is 0 Å². The summed E-state index contributed by atoms with van der Waals surface area (Å²) in [5.74, 6) is 1.67. The predicted octanol–water partition coefficient (Wildman–Crippen LogP) is 3.27. The smallest absolute Gasteiger partial charge is 0.119 e. The summed E-state index contributed by atoms with van der Waals surface area (Å²) >= 11 is 0. The molecule has 1 fully saturated rings. The molecule has 2 aromatic rings. The summed E-state index contributed by atoms with van der Waals surface area (Å²) in [6.45, 7) is 1.96. The molecule has 0 amide bonds. The van der Waals surface area contributed by atoms with E-state index in [1.165, 1.54) is 5.56 Å². The van der Waals surface area contributed by atoms with E-state index < -0.39 is 6.10 Å². The van der Waals surface area contributed by atoms with Gasteiger partial charge in [-0.2, -0.15) is 0 Å². The van der Waals surface area contributed by atoms with Crippen molar-refractivity contribution in [3.63, 3.8) is 0 Å². The van der Waals surface area contributed by atoms with Gasteiger partial charge in [0, 0.05) is 12.6 Å². The first-order chi connectivity index (χ1) is 11.8. The number of aliphatic hydroxyl groups excluding tert-OH is 1. The Balaban J connectivity index is 1.54. The molecule has 3 rings (SSSR count). The van der Waals surface area contributed by atoms with Crippen LogP contribution in [0.5, 0.6) is 11.5 Å². The van der Waals surface area contributed by atoms with Gasteiger partial charge in [0.25, 0.3) is 0 Å². The van der Waals surface area contributed by atoms with Crippen molar-refractivity contribution in [1.82, 2.24) is 4.90 Å². The van der Waals surface area contributed by atoms with E-state index in [1.54, 1.807) is 7.11 Å². The second-order valence-electron chi connectivity index (χ2n) is 6.20. The number of rotatable bonds is 7. The molecule has 1 aliphatic rings. The Kier molecular flexibility index (Phi) is 5.72. The van der Waals surface area contributed by atoms with Crippen LogP contribution in [0.25, 0.3) is 0 Å². The maximum absolute atomic E-state index is 10.3. The van der Waals surface area contributed by atoms with E-state index >= 15 is 0 Å². The van der Waals surface area contributed by atoms with Crippen molar-refractivity contribution in [3.05, 3.63) is 60.2 Å². The summed E-state index contributed by atoms with van der Waals surface area (Å²) in [6, 6.07) is 18.2. The first kappa shape index (κ1) is 16.8. The monoisotopic (exact) mass is 327 g/mol. The number of para-hydroxylation sites is 1. The molecule has 0 aliphatic carbocycles. The molecule has 1 saturated heterocycles. The average molecular weight is 327 g/mol. The third kappa shape index (κ3) is 4.28. The number of hydrogen-bond donors (Lipinski definition) is 1. The lowest BCUT2D eigenvalue weighted by Gasteiger charge is -2.27. The third-order valence-corrected chi connectivity index (χ3v) is 4.50. The molecule has 0 aromatic heterocycles. The van der Waals surface area contributed by atoms with Crippen LogP contribution in [0.1, 0.15) is 24.4 Å². The zero-order valence-electron chi connectivity index (χ0n) is 14.1. The molecule has 2 unspecified atom stereocenters. The van der Waals surface area contributed by atoms with Crippen molar-refractivity contribution < 1.29 is 14.6 Å². The summed E-state index contributed by atoms with van der Waals surface area (Å²) in [6.07, 6.45) is 1.78. The molecule has 1 N–H and O–H groups in total. The topological polar surface area (TPSA) is 41.9 Å². The number of hydrogen-bond acceptors (Lipinski definition) is 4. The van der Waals surface area contributed by atoms with Gasteiger partial charge in [-0.05, 0) is 49.2 Å². The van der Waals surface area contributed by atoms with Crippen LogP contribution in [0.2, 0.25) is 0 Å². The third-order valence-electron chi connectivity index (χ3n) is 4.50. The highest BCUT2D eigenvalue weighted by Gasteiger charge is 2.27. The first-order valence-corrected chi connectivity index (χ1v) is 8.50. The zero-order chi connectivity index (χ0) is 16.8. The van der Waals surface area contributed by atoms with Gasteiger partial charge in [-0.15, -0.1) is 0 Å². The molecule has 1 heterocycles. The maximum Gasteiger partial charge on any atom is 0.119 e. The summed E-state index contributed by atoms with van der Waals surface area (Å²) in [7, 11) is 1.68. The van der Waals surface area contributed by atoms with Gasteiger partial charge in [-0.25, -0.2) is 0 Å². The number of nitrogens with zero attached hydrogens (tertiary/aromatic N) is 1. The maximum atomic E-state index is 10.3. The SMILES string of the molecule is COc1ccc(C2CCCN2CC(O)COc2ccccc2)cc1. The van der Waals surface area contributed by atoms with Gasteiger partial charge in [-0.3, -0.25) is 4.90 Å².